The number of rotatable bonds is 0. The Kier molecular flexibility index (Phi) is 6.59. The molecule has 2 nitrogen and oxygen atoms in total. The Labute approximate surface area is 112 Å². The Balaban J connectivity index is 0.000000741. The zero-order valence-corrected chi connectivity index (χ0v) is 12.3. The molecule has 0 N–H and O–H groups in total. The van der Waals surface area contributed by atoms with E-state index in [-0.39, 0.29) is 0 Å². The molecule has 0 bridgehead atoms. The van der Waals surface area contributed by atoms with Crippen molar-refractivity contribution >= 4 is 5.65 Å². The smallest absolute Gasteiger partial charge is 0.304 e. The van der Waals surface area contributed by atoms with Crippen LogP contribution < -0.4 is 0 Å². The molecule has 0 aliphatic heterocycles. The maximum absolute atomic E-state index is 12.4. The number of hydrogen-bond donors (Lipinski definition) is 0. The predicted octanol–water partition coefficient (Wildman–Crippen LogP) is 5.02. The van der Waals surface area contributed by atoms with Crippen molar-refractivity contribution in [3.05, 3.63) is 35.3 Å². The van der Waals surface area contributed by atoms with Gasteiger partial charge in [0.2, 0.25) is 0 Å². The van der Waals surface area contributed by atoms with E-state index in [0.29, 0.717) is 5.65 Å². The first kappa shape index (κ1) is 17.5. The van der Waals surface area contributed by atoms with Gasteiger partial charge in [-0.3, -0.25) is 0 Å². The van der Waals surface area contributed by atoms with Crippen molar-refractivity contribution in [2.75, 3.05) is 0 Å². The van der Waals surface area contributed by atoms with Crippen molar-refractivity contribution in [1.29, 1.82) is 0 Å². The number of aromatic nitrogens is 2. The number of hydrogen-bond acceptors (Lipinski definition) is 1. The number of nitrogens with zero attached hydrogens (tertiary/aromatic N) is 2. The average Bonchev–Trinajstić information content (AvgIpc) is 2.85. The summed E-state index contributed by atoms with van der Waals surface area (Å²) < 4.78 is 38.7. The van der Waals surface area contributed by atoms with E-state index in [1.54, 1.807) is 26.0 Å². The van der Waals surface area contributed by atoms with E-state index in [0.717, 1.165) is 17.5 Å². The summed E-state index contributed by atoms with van der Waals surface area (Å²) in [4.78, 5) is 3.58. The van der Waals surface area contributed by atoms with Crippen LogP contribution in [0.4, 0.5) is 13.2 Å². The first-order chi connectivity index (χ1) is 8.89. The second kappa shape index (κ2) is 7.16. The summed E-state index contributed by atoms with van der Waals surface area (Å²) in [6.07, 6.45) is -3.36. The van der Waals surface area contributed by atoms with E-state index in [9.17, 15) is 13.2 Å². The number of imidazole rings is 1. The van der Waals surface area contributed by atoms with Crippen molar-refractivity contribution in [1.82, 2.24) is 9.38 Å². The van der Waals surface area contributed by atoms with E-state index >= 15 is 0 Å². The SMILES string of the molecule is CC.CC.Cc1ccc(C)n2cc(C(F)(F)F)nc12. The average molecular weight is 274 g/mol. The highest BCUT2D eigenvalue weighted by Crippen LogP contribution is 2.29. The van der Waals surface area contributed by atoms with Crippen molar-refractivity contribution < 1.29 is 13.2 Å². The zero-order chi connectivity index (χ0) is 15.2. The minimum Gasteiger partial charge on any atom is -0.304 e. The first-order valence-electron chi connectivity index (χ1n) is 6.42. The molecule has 0 fully saturated rings. The van der Waals surface area contributed by atoms with Crippen LogP contribution in [-0.2, 0) is 6.18 Å². The van der Waals surface area contributed by atoms with Crippen molar-refractivity contribution in [3.8, 4) is 0 Å². The van der Waals surface area contributed by atoms with Crippen LogP contribution in [0, 0.1) is 13.8 Å². The Bertz CT molecular complexity index is 474. The second-order valence-corrected chi connectivity index (χ2v) is 3.48. The molecule has 0 saturated carbocycles. The van der Waals surface area contributed by atoms with Crippen LogP contribution in [0.2, 0.25) is 0 Å². The first-order valence-corrected chi connectivity index (χ1v) is 6.42. The Morgan fingerprint density at radius 1 is 1.00 bits per heavy atom. The third-order valence-corrected chi connectivity index (χ3v) is 2.30. The highest BCUT2D eigenvalue weighted by atomic mass is 19.4. The molecular formula is C14H21F3N2. The zero-order valence-electron chi connectivity index (χ0n) is 12.3. The molecule has 0 saturated heterocycles. The van der Waals surface area contributed by atoms with Gasteiger partial charge in [0.15, 0.2) is 5.69 Å². The summed E-state index contributed by atoms with van der Waals surface area (Å²) in [5, 5.41) is 0. The van der Waals surface area contributed by atoms with Crippen LogP contribution in [0.25, 0.3) is 5.65 Å². The summed E-state index contributed by atoms with van der Waals surface area (Å²) >= 11 is 0. The van der Waals surface area contributed by atoms with Crippen LogP contribution in [0.15, 0.2) is 18.3 Å². The molecule has 0 aromatic carbocycles. The van der Waals surface area contributed by atoms with Gasteiger partial charge in [-0.05, 0) is 25.5 Å². The van der Waals surface area contributed by atoms with Crippen LogP contribution >= 0.6 is 0 Å². The molecule has 2 heterocycles. The monoisotopic (exact) mass is 274 g/mol. The molecule has 0 atom stereocenters. The molecule has 0 unspecified atom stereocenters. The summed E-state index contributed by atoms with van der Waals surface area (Å²) in [6.45, 7) is 11.5. The Morgan fingerprint density at radius 2 is 1.53 bits per heavy atom. The van der Waals surface area contributed by atoms with Gasteiger partial charge in [-0.1, -0.05) is 33.8 Å². The Morgan fingerprint density at radius 3 is 1.95 bits per heavy atom. The maximum atomic E-state index is 12.4. The van der Waals surface area contributed by atoms with E-state index in [1.807, 2.05) is 27.7 Å². The molecule has 0 amide bonds. The molecule has 5 heteroatoms. The van der Waals surface area contributed by atoms with Gasteiger partial charge in [0, 0.05) is 11.9 Å². The molecule has 0 aliphatic carbocycles. The number of pyridine rings is 1. The van der Waals surface area contributed by atoms with Crippen molar-refractivity contribution in [3.63, 3.8) is 0 Å². The van der Waals surface area contributed by atoms with Crippen LogP contribution in [-0.4, -0.2) is 9.38 Å². The fourth-order valence-corrected chi connectivity index (χ4v) is 1.46. The third kappa shape index (κ3) is 3.98. The van der Waals surface area contributed by atoms with Crippen LogP contribution in [0.1, 0.15) is 44.6 Å². The highest BCUT2D eigenvalue weighted by molar-refractivity contribution is 5.49. The lowest BCUT2D eigenvalue weighted by Gasteiger charge is -2.00. The van der Waals surface area contributed by atoms with Gasteiger partial charge in [0.05, 0.1) is 0 Å². The van der Waals surface area contributed by atoms with E-state index in [2.05, 4.69) is 4.98 Å². The minimum absolute atomic E-state index is 0.363. The molecule has 2 aromatic heterocycles. The van der Waals surface area contributed by atoms with Gasteiger partial charge in [-0.25, -0.2) is 4.98 Å². The van der Waals surface area contributed by atoms with Crippen LogP contribution in [0.5, 0.6) is 0 Å². The summed E-state index contributed by atoms with van der Waals surface area (Å²) in [5.41, 5.74) is 0.983. The maximum Gasteiger partial charge on any atom is 0.434 e. The summed E-state index contributed by atoms with van der Waals surface area (Å²) in [7, 11) is 0. The fraction of sp³-hybridized carbons (Fsp3) is 0.500. The molecule has 0 aliphatic rings. The van der Waals surface area contributed by atoms with Gasteiger partial charge in [0.1, 0.15) is 5.65 Å². The van der Waals surface area contributed by atoms with Gasteiger partial charge >= 0.3 is 6.18 Å². The van der Waals surface area contributed by atoms with Crippen molar-refractivity contribution in [2.24, 2.45) is 0 Å². The normalized spacial score (nSPS) is 10.4. The molecule has 0 spiro atoms. The molecular weight excluding hydrogens is 253 g/mol. The summed E-state index contributed by atoms with van der Waals surface area (Å²) in [6, 6.07) is 3.53. The summed E-state index contributed by atoms with van der Waals surface area (Å²) in [5.74, 6) is 0. The largest absolute Gasteiger partial charge is 0.434 e. The number of aryl methyl sites for hydroxylation is 2. The van der Waals surface area contributed by atoms with Gasteiger partial charge in [-0.15, -0.1) is 0 Å². The minimum atomic E-state index is -4.38. The van der Waals surface area contributed by atoms with E-state index in [1.165, 1.54) is 4.40 Å². The second-order valence-electron chi connectivity index (χ2n) is 3.48. The quantitative estimate of drug-likeness (QED) is 0.659. The topological polar surface area (TPSA) is 17.3 Å². The molecule has 2 rings (SSSR count). The van der Waals surface area contributed by atoms with E-state index in [4.69, 9.17) is 0 Å². The predicted molar refractivity (Wildman–Crippen MR) is 72.4 cm³/mol. The van der Waals surface area contributed by atoms with Crippen molar-refractivity contribution in [2.45, 2.75) is 47.7 Å². The number of halogens is 3. The van der Waals surface area contributed by atoms with Crippen LogP contribution in [0.3, 0.4) is 0 Å². The Hall–Kier alpha value is -1.52. The lowest BCUT2D eigenvalue weighted by atomic mass is 10.2. The standard InChI is InChI=1S/C10H9F3N2.2C2H6/c1-6-3-4-7(2)15-5-8(10(11,12)13)14-9(6)15;2*1-2/h3-5H,1-2H3;2*1-2H3. The third-order valence-electron chi connectivity index (χ3n) is 2.30. The lowest BCUT2D eigenvalue weighted by Crippen LogP contribution is -2.04. The van der Waals surface area contributed by atoms with Gasteiger partial charge < -0.3 is 4.40 Å². The molecule has 108 valence electrons. The highest BCUT2D eigenvalue weighted by Gasteiger charge is 2.34. The van der Waals surface area contributed by atoms with Gasteiger partial charge in [-0.2, -0.15) is 13.2 Å². The molecule has 19 heavy (non-hydrogen) atoms. The molecule has 0 radical (unpaired) electrons. The fourth-order valence-electron chi connectivity index (χ4n) is 1.46. The van der Waals surface area contributed by atoms with E-state index < -0.39 is 11.9 Å². The number of fused-ring (bicyclic) bond motifs is 1. The number of alkyl halides is 3. The van der Waals surface area contributed by atoms with Gasteiger partial charge in [0.25, 0.3) is 0 Å². The molecule has 2 aromatic rings. The lowest BCUT2D eigenvalue weighted by molar-refractivity contribution is -0.140.